The highest BCUT2D eigenvalue weighted by atomic mass is 35.5. The molecule has 0 aliphatic carbocycles. The van der Waals surface area contributed by atoms with Crippen molar-refractivity contribution in [3.05, 3.63) is 94.3 Å². The third-order valence-electron chi connectivity index (χ3n) is 5.17. The summed E-state index contributed by atoms with van der Waals surface area (Å²) in [5.41, 5.74) is 2.47. The van der Waals surface area contributed by atoms with Crippen LogP contribution in [0, 0.1) is 6.92 Å². The number of aliphatic hydroxyl groups excluding tert-OH is 1. The molecule has 3 aromatic rings. The Morgan fingerprint density at radius 2 is 1.84 bits per heavy atom. The van der Waals surface area contributed by atoms with Crippen molar-refractivity contribution < 1.29 is 19.4 Å². The summed E-state index contributed by atoms with van der Waals surface area (Å²) in [6.07, 6.45) is 3.16. The van der Waals surface area contributed by atoms with Crippen LogP contribution in [0.15, 0.2) is 72.6 Å². The number of methoxy groups -OCH3 is 1. The number of anilines is 1. The number of aliphatic hydroxyl groups is 1. The van der Waals surface area contributed by atoms with Crippen LogP contribution in [0.3, 0.4) is 0 Å². The minimum Gasteiger partial charge on any atom is -0.507 e. The molecule has 1 fully saturated rings. The van der Waals surface area contributed by atoms with Gasteiger partial charge in [0.25, 0.3) is 11.7 Å². The fourth-order valence-corrected chi connectivity index (χ4v) is 3.90. The van der Waals surface area contributed by atoms with Crippen molar-refractivity contribution in [3.63, 3.8) is 0 Å². The number of benzene rings is 2. The number of pyridine rings is 1. The Hall–Kier alpha value is -3.64. The second kappa shape index (κ2) is 8.24. The van der Waals surface area contributed by atoms with E-state index in [-0.39, 0.29) is 11.3 Å². The monoisotopic (exact) mass is 434 g/mol. The molecule has 1 aliphatic heterocycles. The Balaban J connectivity index is 1.95. The Kier molecular flexibility index (Phi) is 5.48. The number of ether oxygens (including phenoxy) is 1. The van der Waals surface area contributed by atoms with Gasteiger partial charge in [0.05, 0.1) is 23.7 Å². The van der Waals surface area contributed by atoms with Crippen LogP contribution in [0.5, 0.6) is 5.75 Å². The maximum atomic E-state index is 13.1. The maximum absolute atomic E-state index is 13.1. The second-order valence-electron chi connectivity index (χ2n) is 7.14. The van der Waals surface area contributed by atoms with E-state index in [0.717, 1.165) is 5.56 Å². The number of ketones is 1. The lowest BCUT2D eigenvalue weighted by atomic mass is 9.95. The molecule has 1 N–H and O–H groups in total. The summed E-state index contributed by atoms with van der Waals surface area (Å²) in [4.78, 5) is 31.6. The Labute approximate surface area is 184 Å². The number of nitrogens with zero attached hydrogens (tertiary/aromatic N) is 2. The van der Waals surface area contributed by atoms with Gasteiger partial charge in [0, 0.05) is 23.6 Å². The van der Waals surface area contributed by atoms with Crippen molar-refractivity contribution >= 4 is 34.7 Å². The zero-order valence-corrected chi connectivity index (χ0v) is 17.6. The van der Waals surface area contributed by atoms with Gasteiger partial charge in [-0.15, -0.1) is 0 Å². The van der Waals surface area contributed by atoms with Crippen LogP contribution in [0.1, 0.15) is 22.7 Å². The number of amides is 1. The van der Waals surface area contributed by atoms with Gasteiger partial charge < -0.3 is 9.84 Å². The zero-order valence-electron chi connectivity index (χ0n) is 16.9. The van der Waals surface area contributed by atoms with Gasteiger partial charge in [0.15, 0.2) is 0 Å². The van der Waals surface area contributed by atoms with Crippen LogP contribution in [0.4, 0.5) is 5.69 Å². The molecule has 4 rings (SSSR count). The first-order chi connectivity index (χ1) is 14.9. The van der Waals surface area contributed by atoms with Crippen LogP contribution in [0.25, 0.3) is 5.76 Å². The maximum Gasteiger partial charge on any atom is 0.300 e. The number of halogens is 1. The highest BCUT2D eigenvalue weighted by Crippen LogP contribution is 2.42. The fraction of sp³-hybridized carbons (Fsp3) is 0.125. The molecule has 7 heteroatoms. The van der Waals surface area contributed by atoms with Crippen molar-refractivity contribution in [1.82, 2.24) is 4.98 Å². The molecule has 156 valence electrons. The fourth-order valence-electron chi connectivity index (χ4n) is 3.70. The minimum atomic E-state index is -0.813. The van der Waals surface area contributed by atoms with Gasteiger partial charge in [0.2, 0.25) is 0 Å². The van der Waals surface area contributed by atoms with E-state index in [4.69, 9.17) is 16.3 Å². The zero-order chi connectivity index (χ0) is 22.1. The Morgan fingerprint density at radius 3 is 2.52 bits per heavy atom. The normalized spacial score (nSPS) is 17.8. The van der Waals surface area contributed by atoms with E-state index in [0.29, 0.717) is 27.6 Å². The first-order valence-corrected chi connectivity index (χ1v) is 9.91. The molecule has 0 spiro atoms. The number of aromatic nitrogens is 1. The van der Waals surface area contributed by atoms with E-state index in [9.17, 15) is 14.7 Å². The van der Waals surface area contributed by atoms with Gasteiger partial charge in [-0.05, 0) is 60.5 Å². The third-order valence-corrected chi connectivity index (χ3v) is 5.48. The van der Waals surface area contributed by atoms with Crippen LogP contribution in [0.2, 0.25) is 5.02 Å². The number of Topliss-reactive ketones (excluding diaryl/α,β-unsaturated/α-hetero) is 1. The molecule has 6 nitrogen and oxygen atoms in total. The largest absolute Gasteiger partial charge is 0.507 e. The molecule has 1 saturated heterocycles. The van der Waals surface area contributed by atoms with Crippen LogP contribution >= 0.6 is 11.6 Å². The summed E-state index contributed by atoms with van der Waals surface area (Å²) in [5, 5.41) is 11.5. The van der Waals surface area contributed by atoms with E-state index in [2.05, 4.69) is 4.98 Å². The summed E-state index contributed by atoms with van der Waals surface area (Å²) in [6, 6.07) is 14.6. The smallest absolute Gasteiger partial charge is 0.300 e. The highest BCUT2D eigenvalue weighted by Gasteiger charge is 2.47. The predicted octanol–water partition coefficient (Wildman–Crippen LogP) is 4.68. The van der Waals surface area contributed by atoms with Gasteiger partial charge in [-0.25, -0.2) is 0 Å². The van der Waals surface area contributed by atoms with Crippen LogP contribution < -0.4 is 9.64 Å². The third kappa shape index (κ3) is 3.66. The van der Waals surface area contributed by atoms with E-state index < -0.39 is 17.7 Å². The van der Waals surface area contributed by atoms with Gasteiger partial charge in [-0.2, -0.15) is 0 Å². The predicted molar refractivity (Wildman–Crippen MR) is 118 cm³/mol. The number of carbonyl (C=O) groups is 2. The molecule has 2 heterocycles. The number of hydrogen-bond donors (Lipinski definition) is 1. The van der Waals surface area contributed by atoms with Crippen LogP contribution in [-0.4, -0.2) is 28.9 Å². The molecular formula is C24H19ClN2O4. The second-order valence-corrected chi connectivity index (χ2v) is 7.55. The molecule has 0 bridgehead atoms. The molecule has 1 aromatic heterocycles. The SMILES string of the molecule is COc1cc(/C(O)=C2/C(=O)C(=O)N(c3cccc(C)c3)C2c2ccncc2)ccc1Cl. The van der Waals surface area contributed by atoms with Gasteiger partial charge >= 0.3 is 0 Å². The summed E-state index contributed by atoms with van der Waals surface area (Å²) < 4.78 is 5.23. The first-order valence-electron chi connectivity index (χ1n) is 9.54. The molecule has 31 heavy (non-hydrogen) atoms. The number of rotatable bonds is 4. The van der Waals surface area contributed by atoms with Crippen molar-refractivity contribution in [3.8, 4) is 5.75 Å². The molecule has 1 unspecified atom stereocenters. The lowest BCUT2D eigenvalue weighted by molar-refractivity contribution is -0.132. The van der Waals surface area contributed by atoms with Crippen molar-refractivity contribution in [2.75, 3.05) is 12.0 Å². The summed E-state index contributed by atoms with van der Waals surface area (Å²) >= 11 is 6.10. The van der Waals surface area contributed by atoms with Crippen LogP contribution in [-0.2, 0) is 9.59 Å². The highest BCUT2D eigenvalue weighted by molar-refractivity contribution is 6.51. The average Bonchev–Trinajstić information content (AvgIpc) is 3.05. The average molecular weight is 435 g/mol. The molecule has 2 aromatic carbocycles. The van der Waals surface area contributed by atoms with E-state index in [1.165, 1.54) is 18.1 Å². The van der Waals surface area contributed by atoms with Gasteiger partial charge in [-0.3, -0.25) is 19.5 Å². The number of carbonyl (C=O) groups excluding carboxylic acids is 2. The molecule has 1 atom stereocenters. The molecule has 1 amide bonds. The lowest BCUT2D eigenvalue weighted by Crippen LogP contribution is -2.29. The molecule has 1 aliphatic rings. The lowest BCUT2D eigenvalue weighted by Gasteiger charge is -2.25. The van der Waals surface area contributed by atoms with E-state index in [1.54, 1.807) is 42.7 Å². The minimum absolute atomic E-state index is 0.0120. The van der Waals surface area contributed by atoms with E-state index >= 15 is 0 Å². The molecular weight excluding hydrogens is 416 g/mol. The van der Waals surface area contributed by atoms with Gasteiger partial charge in [-0.1, -0.05) is 23.7 Å². The Bertz CT molecular complexity index is 1210. The number of hydrogen-bond acceptors (Lipinski definition) is 5. The van der Waals surface area contributed by atoms with Crippen molar-refractivity contribution in [2.45, 2.75) is 13.0 Å². The van der Waals surface area contributed by atoms with Crippen molar-refractivity contribution in [1.29, 1.82) is 0 Å². The Morgan fingerprint density at radius 1 is 1.10 bits per heavy atom. The quantitative estimate of drug-likeness (QED) is 0.366. The van der Waals surface area contributed by atoms with Crippen molar-refractivity contribution in [2.24, 2.45) is 0 Å². The molecule has 0 radical (unpaired) electrons. The number of aryl methyl sites for hydroxylation is 1. The molecule has 0 saturated carbocycles. The first kappa shape index (κ1) is 20.6. The standard InChI is InChI=1S/C24H19ClN2O4/c1-14-4-3-5-17(12-14)27-21(15-8-10-26-11-9-15)20(23(29)24(27)30)22(28)16-6-7-18(25)19(13-16)31-2/h3-13,21,28H,1-2H3/b22-20-. The summed E-state index contributed by atoms with van der Waals surface area (Å²) in [7, 11) is 1.46. The van der Waals surface area contributed by atoms with Gasteiger partial charge in [0.1, 0.15) is 11.5 Å². The summed E-state index contributed by atoms with van der Waals surface area (Å²) in [5.74, 6) is -1.44. The van der Waals surface area contributed by atoms with E-state index in [1.807, 2.05) is 25.1 Å². The topological polar surface area (TPSA) is 79.7 Å². The summed E-state index contributed by atoms with van der Waals surface area (Å²) in [6.45, 7) is 1.90.